The van der Waals surface area contributed by atoms with Crippen molar-refractivity contribution in [3.05, 3.63) is 0 Å². The molecule has 2 rings (SSSR count). The van der Waals surface area contributed by atoms with E-state index < -0.39 is 0 Å². The first-order valence-electron chi connectivity index (χ1n) is 7.14. The number of ketones is 1. The molecule has 2 aliphatic rings. The Balaban J connectivity index is 1.66. The Kier molecular flexibility index (Phi) is 4.56. The molecule has 1 heterocycles. The fourth-order valence-corrected chi connectivity index (χ4v) is 2.42. The summed E-state index contributed by atoms with van der Waals surface area (Å²) in [4.78, 5) is 36.2. The fourth-order valence-electron chi connectivity index (χ4n) is 2.42. The van der Waals surface area contributed by atoms with E-state index in [-0.39, 0.29) is 30.1 Å². The quantitative estimate of drug-likeness (QED) is 0.803. The molecular weight excluding hydrogens is 244 g/mol. The third-order valence-electron chi connectivity index (χ3n) is 3.80. The highest BCUT2D eigenvalue weighted by Gasteiger charge is 2.34. The average Bonchev–Trinajstić information content (AvgIpc) is 3.21. The van der Waals surface area contributed by atoms with Gasteiger partial charge in [-0.25, -0.2) is 0 Å². The normalized spacial score (nSPS) is 20.2. The van der Waals surface area contributed by atoms with Gasteiger partial charge in [-0.2, -0.15) is 0 Å². The molecule has 0 unspecified atom stereocenters. The highest BCUT2D eigenvalue weighted by Crippen LogP contribution is 2.31. The maximum absolute atomic E-state index is 11.9. The molecular formula is C14H22N2O3. The third-order valence-corrected chi connectivity index (χ3v) is 3.80. The number of nitrogens with zero attached hydrogens (tertiary/aromatic N) is 1. The summed E-state index contributed by atoms with van der Waals surface area (Å²) in [7, 11) is 0. The summed E-state index contributed by atoms with van der Waals surface area (Å²) < 4.78 is 0. The number of hydrogen-bond acceptors (Lipinski definition) is 3. The van der Waals surface area contributed by atoms with Gasteiger partial charge in [-0.15, -0.1) is 0 Å². The van der Waals surface area contributed by atoms with Crippen molar-refractivity contribution in [3.8, 4) is 0 Å². The van der Waals surface area contributed by atoms with Crippen molar-refractivity contribution in [1.82, 2.24) is 10.2 Å². The van der Waals surface area contributed by atoms with Crippen LogP contribution in [-0.2, 0) is 14.4 Å². The number of piperidine rings is 1. The molecule has 19 heavy (non-hydrogen) atoms. The number of nitrogens with one attached hydrogen (secondary N) is 1. The highest BCUT2D eigenvalue weighted by molar-refractivity contribution is 5.83. The minimum absolute atomic E-state index is 0.0417. The Hall–Kier alpha value is -1.39. The molecule has 0 radical (unpaired) electrons. The lowest BCUT2D eigenvalue weighted by Crippen LogP contribution is -2.47. The molecule has 1 aliphatic carbocycles. The van der Waals surface area contributed by atoms with Gasteiger partial charge < -0.3 is 15.0 Å². The SMILES string of the molecule is CC(=O)CCC(=O)NC1CCN(C(=O)C2CC2)CC1. The summed E-state index contributed by atoms with van der Waals surface area (Å²) in [5.74, 6) is 0.560. The lowest BCUT2D eigenvalue weighted by atomic mass is 10.0. The topological polar surface area (TPSA) is 66.5 Å². The van der Waals surface area contributed by atoms with Gasteiger partial charge in [0.2, 0.25) is 11.8 Å². The summed E-state index contributed by atoms with van der Waals surface area (Å²) in [5, 5.41) is 2.95. The van der Waals surface area contributed by atoms with Gasteiger partial charge in [0, 0.05) is 37.9 Å². The van der Waals surface area contributed by atoms with Gasteiger partial charge >= 0.3 is 0 Å². The van der Waals surface area contributed by atoms with Crippen molar-refractivity contribution < 1.29 is 14.4 Å². The van der Waals surface area contributed by atoms with Crippen LogP contribution in [-0.4, -0.2) is 41.6 Å². The Labute approximate surface area is 113 Å². The maximum atomic E-state index is 11.9. The van der Waals surface area contributed by atoms with Gasteiger partial charge in [-0.3, -0.25) is 9.59 Å². The summed E-state index contributed by atoms with van der Waals surface area (Å²) in [6.07, 6.45) is 4.32. The van der Waals surface area contributed by atoms with Gasteiger partial charge in [0.25, 0.3) is 0 Å². The summed E-state index contributed by atoms with van der Waals surface area (Å²) in [6.45, 7) is 2.98. The molecule has 0 bridgehead atoms. The number of carbonyl (C=O) groups excluding carboxylic acids is 3. The molecule has 0 spiro atoms. The Morgan fingerprint density at radius 2 is 1.68 bits per heavy atom. The van der Waals surface area contributed by atoms with E-state index in [9.17, 15) is 14.4 Å². The first-order valence-corrected chi connectivity index (χ1v) is 7.14. The van der Waals surface area contributed by atoms with Gasteiger partial charge in [0.15, 0.2) is 0 Å². The molecule has 0 aromatic carbocycles. The van der Waals surface area contributed by atoms with Crippen LogP contribution in [0.1, 0.15) is 45.4 Å². The van der Waals surface area contributed by atoms with Crippen LogP contribution < -0.4 is 5.32 Å². The van der Waals surface area contributed by atoms with E-state index in [1.165, 1.54) is 6.92 Å². The predicted octanol–water partition coefficient (Wildman–Crippen LogP) is 0.873. The zero-order valence-corrected chi connectivity index (χ0v) is 11.5. The standard InChI is InChI=1S/C14H22N2O3/c1-10(17)2-5-13(18)15-12-6-8-16(9-7-12)14(19)11-3-4-11/h11-12H,2-9H2,1H3,(H,15,18). The van der Waals surface area contributed by atoms with Crippen molar-refractivity contribution >= 4 is 17.6 Å². The molecule has 106 valence electrons. The smallest absolute Gasteiger partial charge is 0.225 e. The van der Waals surface area contributed by atoms with E-state index in [2.05, 4.69) is 5.32 Å². The maximum Gasteiger partial charge on any atom is 0.225 e. The number of amides is 2. The second-order valence-corrected chi connectivity index (χ2v) is 5.64. The van der Waals surface area contributed by atoms with Crippen molar-refractivity contribution in [2.24, 2.45) is 5.92 Å². The van der Waals surface area contributed by atoms with E-state index >= 15 is 0 Å². The van der Waals surface area contributed by atoms with E-state index in [0.29, 0.717) is 12.3 Å². The summed E-state index contributed by atoms with van der Waals surface area (Å²) in [5.41, 5.74) is 0. The van der Waals surface area contributed by atoms with Crippen LogP contribution in [0.2, 0.25) is 0 Å². The van der Waals surface area contributed by atoms with Crippen LogP contribution in [0.4, 0.5) is 0 Å². The van der Waals surface area contributed by atoms with Crippen LogP contribution in [0.3, 0.4) is 0 Å². The predicted molar refractivity (Wildman–Crippen MR) is 70.4 cm³/mol. The van der Waals surface area contributed by atoms with Crippen LogP contribution in [0, 0.1) is 5.92 Å². The molecule has 0 aromatic heterocycles. The van der Waals surface area contributed by atoms with Crippen LogP contribution in [0.5, 0.6) is 0 Å². The number of likely N-dealkylation sites (tertiary alicyclic amines) is 1. The Morgan fingerprint density at radius 3 is 2.21 bits per heavy atom. The molecule has 0 aromatic rings. The second kappa shape index (κ2) is 6.17. The molecule has 1 saturated heterocycles. The first kappa shape index (κ1) is 14.0. The largest absolute Gasteiger partial charge is 0.353 e. The lowest BCUT2D eigenvalue weighted by Gasteiger charge is -2.32. The van der Waals surface area contributed by atoms with Gasteiger partial charge in [0.1, 0.15) is 5.78 Å². The van der Waals surface area contributed by atoms with Gasteiger partial charge in [-0.1, -0.05) is 0 Å². The number of rotatable bonds is 5. The molecule has 2 fully saturated rings. The zero-order valence-electron chi connectivity index (χ0n) is 11.5. The second-order valence-electron chi connectivity index (χ2n) is 5.64. The van der Waals surface area contributed by atoms with E-state index in [4.69, 9.17) is 0 Å². The minimum Gasteiger partial charge on any atom is -0.353 e. The van der Waals surface area contributed by atoms with Crippen LogP contribution in [0.25, 0.3) is 0 Å². The zero-order chi connectivity index (χ0) is 13.8. The number of carbonyl (C=O) groups is 3. The Bertz CT molecular complexity index is 369. The third kappa shape index (κ3) is 4.33. The van der Waals surface area contributed by atoms with Crippen molar-refractivity contribution in [3.63, 3.8) is 0 Å². The van der Waals surface area contributed by atoms with E-state index in [1.54, 1.807) is 0 Å². The monoisotopic (exact) mass is 266 g/mol. The molecule has 5 heteroatoms. The number of Topliss-reactive ketones (excluding diaryl/α,β-unsaturated/α-hetero) is 1. The fraction of sp³-hybridized carbons (Fsp3) is 0.786. The van der Waals surface area contributed by atoms with Crippen molar-refractivity contribution in [2.75, 3.05) is 13.1 Å². The van der Waals surface area contributed by atoms with Crippen molar-refractivity contribution in [1.29, 1.82) is 0 Å². The molecule has 1 N–H and O–H groups in total. The molecule has 1 saturated carbocycles. The van der Waals surface area contributed by atoms with Crippen LogP contribution >= 0.6 is 0 Å². The average molecular weight is 266 g/mol. The molecule has 2 amide bonds. The minimum atomic E-state index is -0.0535. The highest BCUT2D eigenvalue weighted by atomic mass is 16.2. The van der Waals surface area contributed by atoms with Crippen molar-refractivity contribution in [2.45, 2.75) is 51.5 Å². The van der Waals surface area contributed by atoms with E-state index in [0.717, 1.165) is 38.8 Å². The van der Waals surface area contributed by atoms with E-state index in [1.807, 2.05) is 4.90 Å². The lowest BCUT2D eigenvalue weighted by molar-refractivity contribution is -0.133. The molecule has 1 aliphatic heterocycles. The number of hydrogen-bond donors (Lipinski definition) is 1. The van der Waals surface area contributed by atoms with Gasteiger partial charge in [0.05, 0.1) is 0 Å². The molecule has 5 nitrogen and oxygen atoms in total. The molecule has 0 atom stereocenters. The first-order chi connectivity index (χ1) is 9.06. The van der Waals surface area contributed by atoms with Crippen LogP contribution in [0.15, 0.2) is 0 Å². The van der Waals surface area contributed by atoms with Gasteiger partial charge in [-0.05, 0) is 32.6 Å². The summed E-state index contributed by atoms with van der Waals surface area (Å²) >= 11 is 0. The Morgan fingerprint density at radius 1 is 1.05 bits per heavy atom. The summed E-state index contributed by atoms with van der Waals surface area (Å²) in [6, 6.07) is 0.155.